The number of hydrogen-bond acceptors (Lipinski definition) is 5. The van der Waals surface area contributed by atoms with Gasteiger partial charge in [0.1, 0.15) is 0 Å². The predicted molar refractivity (Wildman–Crippen MR) is 201 cm³/mol. The van der Waals surface area contributed by atoms with Gasteiger partial charge in [0, 0.05) is 33.6 Å². The first-order chi connectivity index (χ1) is 22.1. The zero-order valence-electron chi connectivity index (χ0n) is 26.2. The van der Waals surface area contributed by atoms with E-state index in [1.165, 1.54) is 49.8 Å². The topological polar surface area (TPSA) is 90.1 Å². The second kappa shape index (κ2) is 16.9. The molecule has 0 aliphatic heterocycles. The highest BCUT2D eigenvalue weighted by Gasteiger charge is 2.12. The van der Waals surface area contributed by atoms with E-state index in [9.17, 15) is 0 Å². The van der Waals surface area contributed by atoms with Crippen molar-refractivity contribution in [3.05, 3.63) is 157 Å². The molecule has 0 saturated carbocycles. The second-order valence-corrected chi connectivity index (χ2v) is 11.1. The number of para-hydroxylation sites is 1. The number of hydrogen-bond donors (Lipinski definition) is 4. The van der Waals surface area contributed by atoms with Gasteiger partial charge < -0.3 is 22.5 Å². The van der Waals surface area contributed by atoms with E-state index in [1.54, 1.807) is 11.8 Å². The third-order valence-electron chi connectivity index (χ3n) is 7.27. The largest absolute Gasteiger partial charge is 0.399 e. The Labute approximate surface area is 271 Å². The van der Waals surface area contributed by atoms with Gasteiger partial charge in [-0.15, -0.1) is 11.8 Å². The van der Waals surface area contributed by atoms with E-state index < -0.39 is 0 Å². The highest BCUT2D eigenvalue weighted by molar-refractivity contribution is 7.98. The van der Waals surface area contributed by atoms with Crippen LogP contribution < -0.4 is 22.5 Å². The molecule has 7 aromatic rings. The van der Waals surface area contributed by atoms with E-state index in [2.05, 4.69) is 121 Å². The molecule has 0 saturated heterocycles. The average molecular weight is 611 g/mol. The minimum absolute atomic E-state index is 0.555. The van der Waals surface area contributed by atoms with Crippen molar-refractivity contribution in [2.24, 2.45) is 11.5 Å². The Kier molecular flexibility index (Phi) is 12.4. The van der Waals surface area contributed by atoms with Crippen molar-refractivity contribution in [1.82, 2.24) is 0 Å². The van der Waals surface area contributed by atoms with Crippen molar-refractivity contribution >= 4 is 61.1 Å². The van der Waals surface area contributed by atoms with Crippen LogP contribution in [0.15, 0.2) is 150 Å². The van der Waals surface area contributed by atoms with Crippen LogP contribution in [0, 0.1) is 6.92 Å². The predicted octanol–water partition coefficient (Wildman–Crippen LogP) is 9.91. The summed E-state index contributed by atoms with van der Waals surface area (Å²) >= 11 is 1.77. The standard InChI is InChI=1S/C26H22N2S.C7H8.C6H7N.CH5N/c1-29-24-14-12-19-10-11-20-15-17(16-27)9-13-22(20)25(19)26(24)28-23-8-4-6-18-5-2-3-7-21(18)23;1-7-5-3-2-4-6-7;7-6-4-2-1-3-5-6;1-2/h2-15,28H,16,27H2,1H3;2-6H,1H3;1-5H,7H2;2H2,1H3. The minimum Gasteiger partial charge on any atom is -0.399 e. The molecule has 45 heavy (non-hydrogen) atoms. The summed E-state index contributed by atoms with van der Waals surface area (Å²) in [4.78, 5) is 1.24. The number of aryl methyl sites for hydroxylation is 1. The van der Waals surface area contributed by atoms with Crippen LogP contribution in [0.1, 0.15) is 11.1 Å². The molecule has 0 unspecified atom stereocenters. The lowest BCUT2D eigenvalue weighted by Gasteiger charge is -2.17. The Morgan fingerprint density at radius 2 is 1.22 bits per heavy atom. The first kappa shape index (κ1) is 33.1. The first-order valence-corrected chi connectivity index (χ1v) is 16.2. The molecule has 228 valence electrons. The van der Waals surface area contributed by atoms with Crippen LogP contribution in [0.25, 0.3) is 32.3 Å². The molecule has 0 fully saturated rings. The van der Waals surface area contributed by atoms with E-state index >= 15 is 0 Å². The lowest BCUT2D eigenvalue weighted by molar-refractivity contribution is 1.08. The Bertz CT molecular complexity index is 1900. The van der Waals surface area contributed by atoms with Gasteiger partial charge in [-0.25, -0.2) is 0 Å². The normalized spacial score (nSPS) is 10.2. The fraction of sp³-hybridized carbons (Fsp3) is 0.100. The summed E-state index contributed by atoms with van der Waals surface area (Å²) in [5.74, 6) is 0. The lowest BCUT2D eigenvalue weighted by Crippen LogP contribution is -1.97. The maximum Gasteiger partial charge on any atom is 0.0608 e. The zero-order valence-corrected chi connectivity index (χ0v) is 27.0. The summed E-state index contributed by atoms with van der Waals surface area (Å²) in [5, 5.41) is 11.2. The Morgan fingerprint density at radius 3 is 1.84 bits per heavy atom. The maximum absolute atomic E-state index is 5.87. The van der Waals surface area contributed by atoms with Crippen LogP contribution in [0.3, 0.4) is 0 Å². The molecular weight excluding hydrogens is 569 g/mol. The lowest BCUT2D eigenvalue weighted by atomic mass is 9.98. The van der Waals surface area contributed by atoms with Gasteiger partial charge in [-0.1, -0.05) is 121 Å². The number of fused-ring (bicyclic) bond motifs is 4. The van der Waals surface area contributed by atoms with Gasteiger partial charge in [0.25, 0.3) is 0 Å². The number of benzene rings is 7. The quantitative estimate of drug-likeness (QED) is 0.0905. The molecule has 4 nitrogen and oxygen atoms in total. The zero-order chi connectivity index (χ0) is 32.0. The second-order valence-electron chi connectivity index (χ2n) is 10.3. The molecule has 7 N–H and O–H groups in total. The van der Waals surface area contributed by atoms with Crippen molar-refractivity contribution in [3.8, 4) is 0 Å². The van der Waals surface area contributed by atoms with Crippen LogP contribution in [0.4, 0.5) is 17.1 Å². The Balaban J connectivity index is 0.000000236. The molecule has 0 atom stereocenters. The fourth-order valence-electron chi connectivity index (χ4n) is 5.06. The van der Waals surface area contributed by atoms with Crippen molar-refractivity contribution in [2.75, 3.05) is 24.4 Å². The van der Waals surface area contributed by atoms with Crippen LogP contribution in [0.2, 0.25) is 0 Å². The molecule has 0 amide bonds. The van der Waals surface area contributed by atoms with Crippen molar-refractivity contribution in [2.45, 2.75) is 18.4 Å². The van der Waals surface area contributed by atoms with Crippen LogP contribution in [-0.2, 0) is 6.54 Å². The van der Waals surface area contributed by atoms with Crippen molar-refractivity contribution in [3.63, 3.8) is 0 Å². The van der Waals surface area contributed by atoms with Gasteiger partial charge in [0.2, 0.25) is 0 Å². The third-order valence-corrected chi connectivity index (χ3v) is 8.05. The highest BCUT2D eigenvalue weighted by atomic mass is 32.2. The number of rotatable bonds is 4. The monoisotopic (exact) mass is 610 g/mol. The van der Waals surface area contributed by atoms with Crippen molar-refractivity contribution < 1.29 is 0 Å². The first-order valence-electron chi connectivity index (χ1n) is 14.9. The number of nitrogens with two attached hydrogens (primary N) is 3. The number of nitrogen functional groups attached to an aromatic ring is 1. The average Bonchev–Trinajstić information content (AvgIpc) is 3.10. The summed E-state index contributed by atoms with van der Waals surface area (Å²) in [6.07, 6.45) is 2.13. The molecule has 0 spiro atoms. The number of nitrogens with one attached hydrogen (secondary N) is 1. The summed E-state index contributed by atoms with van der Waals surface area (Å²) in [5.41, 5.74) is 21.3. The van der Waals surface area contributed by atoms with Gasteiger partial charge in [-0.3, -0.25) is 0 Å². The SMILES string of the molecule is CN.CSc1ccc2ccc3cc(CN)ccc3c2c1Nc1cccc2ccccc12.Cc1ccccc1.Nc1ccccc1. The van der Waals surface area contributed by atoms with Gasteiger partial charge in [0.15, 0.2) is 0 Å². The fourth-order valence-corrected chi connectivity index (χ4v) is 5.63. The molecule has 0 heterocycles. The summed E-state index contributed by atoms with van der Waals surface area (Å²) < 4.78 is 0. The highest BCUT2D eigenvalue weighted by Crippen LogP contribution is 2.40. The molecule has 0 bridgehead atoms. The minimum atomic E-state index is 0.555. The Hall–Kier alpha value is -4.81. The molecule has 0 radical (unpaired) electrons. The van der Waals surface area contributed by atoms with Crippen LogP contribution in [-0.4, -0.2) is 13.3 Å². The number of anilines is 3. The number of thioether (sulfide) groups is 1. The summed E-state index contributed by atoms with van der Waals surface area (Å²) in [6.45, 7) is 2.64. The van der Waals surface area contributed by atoms with Gasteiger partial charge in [-0.2, -0.15) is 0 Å². The molecule has 7 rings (SSSR count). The van der Waals surface area contributed by atoms with E-state index in [4.69, 9.17) is 11.5 Å². The molecule has 7 aromatic carbocycles. The van der Waals surface area contributed by atoms with E-state index in [0.717, 1.165) is 22.6 Å². The van der Waals surface area contributed by atoms with Gasteiger partial charge in [-0.05, 0) is 77.7 Å². The van der Waals surface area contributed by atoms with E-state index in [1.807, 2.05) is 48.5 Å². The smallest absolute Gasteiger partial charge is 0.0608 e. The summed E-state index contributed by atoms with van der Waals surface area (Å²) in [7, 11) is 1.50. The van der Waals surface area contributed by atoms with E-state index in [-0.39, 0.29) is 0 Å². The molecule has 0 aliphatic carbocycles. The van der Waals surface area contributed by atoms with Crippen molar-refractivity contribution in [1.29, 1.82) is 0 Å². The molecule has 0 aliphatic rings. The van der Waals surface area contributed by atoms with Gasteiger partial charge in [0.05, 0.1) is 5.69 Å². The van der Waals surface area contributed by atoms with Crippen LogP contribution >= 0.6 is 11.8 Å². The Morgan fingerprint density at radius 1 is 0.600 bits per heavy atom. The van der Waals surface area contributed by atoms with E-state index in [0.29, 0.717) is 6.54 Å². The summed E-state index contributed by atoms with van der Waals surface area (Å²) in [6, 6.07) is 50.0. The van der Waals surface area contributed by atoms with Crippen LogP contribution in [0.5, 0.6) is 0 Å². The molecular formula is C40H42N4S. The third kappa shape index (κ3) is 8.64. The maximum atomic E-state index is 5.87. The molecule has 0 aromatic heterocycles. The molecule has 5 heteroatoms. The van der Waals surface area contributed by atoms with Gasteiger partial charge >= 0.3 is 0 Å².